The summed E-state index contributed by atoms with van der Waals surface area (Å²) in [5.41, 5.74) is 0.667. The van der Waals surface area contributed by atoms with Crippen LogP contribution in [0.4, 0.5) is 4.39 Å². The van der Waals surface area contributed by atoms with Crippen LogP contribution < -0.4 is 10.6 Å². The molecule has 1 amide bonds. The van der Waals surface area contributed by atoms with Crippen LogP contribution in [0.5, 0.6) is 0 Å². The Morgan fingerprint density at radius 3 is 2.64 bits per heavy atom. The Morgan fingerprint density at radius 2 is 2.00 bits per heavy atom. The number of halogens is 1. The second-order valence-electron chi connectivity index (χ2n) is 6.17. The monoisotopic (exact) mass is 308 g/mol. The lowest BCUT2D eigenvalue weighted by Crippen LogP contribution is -2.36. The fraction of sp³-hybridized carbons (Fsp3) is 0.588. The zero-order chi connectivity index (χ0) is 15.9. The number of rotatable bonds is 6. The third-order valence-corrected chi connectivity index (χ3v) is 4.17. The summed E-state index contributed by atoms with van der Waals surface area (Å²) in [6, 6.07) is 5.69. The molecule has 122 valence electrons. The number of benzene rings is 1. The van der Waals surface area contributed by atoms with Gasteiger partial charge < -0.3 is 15.7 Å². The van der Waals surface area contributed by atoms with Crippen LogP contribution in [0.25, 0.3) is 0 Å². The van der Waals surface area contributed by atoms with Crippen molar-refractivity contribution in [1.29, 1.82) is 0 Å². The van der Waals surface area contributed by atoms with E-state index >= 15 is 0 Å². The molecule has 1 saturated heterocycles. The highest BCUT2D eigenvalue weighted by molar-refractivity contribution is 5.76. The first-order valence-corrected chi connectivity index (χ1v) is 7.98. The van der Waals surface area contributed by atoms with Gasteiger partial charge in [0.1, 0.15) is 5.82 Å². The van der Waals surface area contributed by atoms with E-state index in [0.717, 1.165) is 25.9 Å². The van der Waals surface area contributed by atoms with E-state index in [1.54, 1.807) is 12.1 Å². The van der Waals surface area contributed by atoms with Crippen LogP contribution in [0.2, 0.25) is 0 Å². The summed E-state index contributed by atoms with van der Waals surface area (Å²) >= 11 is 0. The number of aliphatic hydroxyl groups is 1. The van der Waals surface area contributed by atoms with Crippen molar-refractivity contribution in [3.63, 3.8) is 0 Å². The van der Waals surface area contributed by atoms with Crippen molar-refractivity contribution in [3.8, 4) is 0 Å². The molecule has 1 aliphatic heterocycles. The maximum Gasteiger partial charge on any atom is 0.220 e. The van der Waals surface area contributed by atoms with Gasteiger partial charge in [-0.15, -0.1) is 0 Å². The summed E-state index contributed by atoms with van der Waals surface area (Å²) in [7, 11) is 0. The molecule has 22 heavy (non-hydrogen) atoms. The maximum absolute atomic E-state index is 12.9. The lowest BCUT2D eigenvalue weighted by molar-refractivity contribution is -0.123. The highest BCUT2D eigenvalue weighted by Gasteiger charge is 2.19. The average molecular weight is 308 g/mol. The maximum atomic E-state index is 12.9. The van der Waals surface area contributed by atoms with Gasteiger partial charge >= 0.3 is 0 Å². The van der Waals surface area contributed by atoms with Crippen LogP contribution in [-0.4, -0.2) is 30.1 Å². The second kappa shape index (κ2) is 8.25. The van der Waals surface area contributed by atoms with Crippen molar-refractivity contribution in [2.24, 2.45) is 5.92 Å². The smallest absolute Gasteiger partial charge is 0.220 e. The van der Waals surface area contributed by atoms with E-state index in [4.69, 9.17) is 0 Å². The summed E-state index contributed by atoms with van der Waals surface area (Å²) in [6.45, 7) is 3.85. The predicted molar refractivity (Wildman–Crippen MR) is 83.8 cm³/mol. The Hall–Kier alpha value is -1.46. The molecule has 4 nitrogen and oxygen atoms in total. The molecule has 1 fully saturated rings. The molecule has 3 N–H and O–H groups in total. The van der Waals surface area contributed by atoms with E-state index in [0.29, 0.717) is 24.3 Å². The Bertz CT molecular complexity index is 472. The van der Waals surface area contributed by atoms with Crippen molar-refractivity contribution < 1.29 is 14.3 Å². The summed E-state index contributed by atoms with van der Waals surface area (Å²) in [4.78, 5) is 12.0. The number of hydrogen-bond acceptors (Lipinski definition) is 3. The second-order valence-corrected chi connectivity index (χ2v) is 6.17. The van der Waals surface area contributed by atoms with Crippen molar-refractivity contribution in [2.75, 3.05) is 13.1 Å². The number of nitrogens with one attached hydrogen (secondary N) is 2. The largest absolute Gasteiger partial charge is 0.388 e. The normalized spacial score (nSPS) is 18.7. The summed E-state index contributed by atoms with van der Waals surface area (Å²) in [6.07, 6.45) is 2.36. The third-order valence-electron chi connectivity index (χ3n) is 4.17. The SMILES string of the molecule is CC(CC(O)c1ccc(F)cc1)NC(=O)CC1CCNCC1. The number of carbonyl (C=O) groups excluding carboxylic acids is 1. The fourth-order valence-electron chi connectivity index (χ4n) is 2.90. The van der Waals surface area contributed by atoms with Crippen LogP contribution >= 0.6 is 0 Å². The van der Waals surface area contributed by atoms with Gasteiger partial charge in [0.2, 0.25) is 5.91 Å². The molecule has 0 radical (unpaired) electrons. The van der Waals surface area contributed by atoms with Crippen LogP contribution in [0.1, 0.15) is 44.3 Å². The standard InChI is InChI=1S/C17H25FN2O2/c1-12(10-16(21)14-2-4-15(18)5-3-14)20-17(22)11-13-6-8-19-9-7-13/h2-5,12-13,16,19,21H,6-11H2,1H3,(H,20,22). The predicted octanol–water partition coefficient (Wildman–Crippen LogP) is 2.14. The van der Waals surface area contributed by atoms with Gasteiger partial charge in [-0.2, -0.15) is 0 Å². The summed E-state index contributed by atoms with van der Waals surface area (Å²) in [5, 5.41) is 16.4. The molecule has 1 heterocycles. The first kappa shape index (κ1) is 16.9. The number of aliphatic hydroxyl groups excluding tert-OH is 1. The van der Waals surface area contributed by atoms with E-state index in [-0.39, 0.29) is 17.8 Å². The van der Waals surface area contributed by atoms with Crippen molar-refractivity contribution in [1.82, 2.24) is 10.6 Å². The minimum absolute atomic E-state index is 0.0470. The van der Waals surface area contributed by atoms with Crippen LogP contribution in [0, 0.1) is 11.7 Å². The topological polar surface area (TPSA) is 61.4 Å². The molecule has 0 saturated carbocycles. The molecule has 1 aliphatic rings. The minimum atomic E-state index is -0.699. The molecule has 5 heteroatoms. The van der Waals surface area contributed by atoms with E-state index in [9.17, 15) is 14.3 Å². The van der Waals surface area contributed by atoms with Gasteiger partial charge in [-0.25, -0.2) is 4.39 Å². The van der Waals surface area contributed by atoms with Gasteiger partial charge in [0.05, 0.1) is 6.10 Å². The lowest BCUT2D eigenvalue weighted by Gasteiger charge is -2.23. The van der Waals surface area contributed by atoms with Crippen molar-refractivity contribution >= 4 is 5.91 Å². The molecule has 0 aromatic heterocycles. The van der Waals surface area contributed by atoms with Gasteiger partial charge in [-0.05, 0) is 62.9 Å². The number of carbonyl (C=O) groups is 1. The van der Waals surface area contributed by atoms with Gasteiger partial charge in [0.25, 0.3) is 0 Å². The minimum Gasteiger partial charge on any atom is -0.388 e. The Balaban J connectivity index is 1.75. The first-order chi connectivity index (χ1) is 10.5. The van der Waals surface area contributed by atoms with Crippen LogP contribution in [0.3, 0.4) is 0 Å². The molecular weight excluding hydrogens is 283 g/mol. The zero-order valence-electron chi connectivity index (χ0n) is 13.0. The first-order valence-electron chi connectivity index (χ1n) is 7.98. The van der Waals surface area contributed by atoms with Gasteiger partial charge in [0, 0.05) is 12.5 Å². The van der Waals surface area contributed by atoms with E-state index in [1.165, 1.54) is 12.1 Å². The van der Waals surface area contributed by atoms with E-state index in [1.807, 2.05) is 6.92 Å². The van der Waals surface area contributed by atoms with Crippen molar-refractivity contribution in [3.05, 3.63) is 35.6 Å². The molecule has 2 unspecified atom stereocenters. The molecule has 0 spiro atoms. The molecule has 2 rings (SSSR count). The number of amides is 1. The Labute approximate surface area is 131 Å². The van der Waals surface area contributed by atoms with E-state index < -0.39 is 6.10 Å². The third kappa shape index (κ3) is 5.39. The highest BCUT2D eigenvalue weighted by atomic mass is 19.1. The lowest BCUT2D eigenvalue weighted by atomic mass is 9.94. The van der Waals surface area contributed by atoms with E-state index in [2.05, 4.69) is 10.6 Å². The van der Waals surface area contributed by atoms with Gasteiger partial charge in [-0.1, -0.05) is 12.1 Å². The average Bonchev–Trinajstić information content (AvgIpc) is 2.48. The van der Waals surface area contributed by atoms with Crippen LogP contribution in [-0.2, 0) is 4.79 Å². The number of piperidine rings is 1. The molecule has 0 bridgehead atoms. The fourth-order valence-corrected chi connectivity index (χ4v) is 2.90. The molecule has 2 atom stereocenters. The molecule has 0 aliphatic carbocycles. The Kier molecular flexibility index (Phi) is 6.34. The van der Waals surface area contributed by atoms with Crippen LogP contribution in [0.15, 0.2) is 24.3 Å². The molecule has 1 aromatic carbocycles. The zero-order valence-corrected chi connectivity index (χ0v) is 13.0. The summed E-state index contributed by atoms with van der Waals surface area (Å²) in [5.74, 6) is 0.181. The molecular formula is C17H25FN2O2. The Morgan fingerprint density at radius 1 is 1.36 bits per heavy atom. The summed E-state index contributed by atoms with van der Waals surface area (Å²) < 4.78 is 12.9. The van der Waals surface area contributed by atoms with Gasteiger partial charge in [-0.3, -0.25) is 4.79 Å². The quantitative estimate of drug-likeness (QED) is 0.754. The molecule has 1 aromatic rings. The highest BCUT2D eigenvalue weighted by Crippen LogP contribution is 2.19. The number of hydrogen-bond donors (Lipinski definition) is 3. The van der Waals surface area contributed by atoms with Crippen molar-refractivity contribution in [2.45, 2.75) is 44.8 Å². The van der Waals surface area contributed by atoms with Gasteiger partial charge in [0.15, 0.2) is 0 Å².